The lowest BCUT2D eigenvalue weighted by Gasteiger charge is -2.33. The van der Waals surface area contributed by atoms with Crippen molar-refractivity contribution in [3.63, 3.8) is 0 Å². The lowest BCUT2D eigenvalue weighted by atomic mass is 9.91. The van der Waals surface area contributed by atoms with Crippen LogP contribution in [0.5, 0.6) is 0 Å². The van der Waals surface area contributed by atoms with Crippen LogP contribution in [0.1, 0.15) is 58.9 Å². The second-order valence-corrected chi connectivity index (χ2v) is 10.3. The fourth-order valence-electron chi connectivity index (χ4n) is 2.90. The molecule has 0 saturated carbocycles. The van der Waals surface area contributed by atoms with Crippen LogP contribution in [0.2, 0.25) is 0 Å². The summed E-state index contributed by atoms with van der Waals surface area (Å²) >= 11 is 3.39. The Morgan fingerprint density at radius 3 is 2.11 bits per heavy atom. The van der Waals surface area contributed by atoms with Crippen LogP contribution < -0.4 is 0 Å². The first-order chi connectivity index (χ1) is 13.1. The average Bonchev–Trinajstić information content (AvgIpc) is 2.58. The Bertz CT molecular complexity index is 673. The zero-order chi connectivity index (χ0) is 21.4. The van der Waals surface area contributed by atoms with E-state index in [0.717, 1.165) is 16.3 Å². The third-order valence-electron chi connectivity index (χ3n) is 3.88. The van der Waals surface area contributed by atoms with Crippen molar-refractivity contribution >= 4 is 35.8 Å². The van der Waals surface area contributed by atoms with E-state index >= 15 is 0 Å². The summed E-state index contributed by atoms with van der Waals surface area (Å²) in [5.74, 6) is -1.21. The van der Waals surface area contributed by atoms with Gasteiger partial charge in [-0.3, -0.25) is 9.36 Å². The van der Waals surface area contributed by atoms with Gasteiger partial charge in [0, 0.05) is 16.8 Å². The molecule has 0 aliphatic heterocycles. The molecular formula is C20H30BrO6P. The number of hydrogen-bond donors (Lipinski definition) is 0. The van der Waals surface area contributed by atoms with E-state index in [2.05, 4.69) is 15.9 Å². The van der Waals surface area contributed by atoms with Crippen molar-refractivity contribution in [3.8, 4) is 0 Å². The molecule has 0 spiro atoms. The first-order valence-electron chi connectivity index (χ1n) is 9.38. The van der Waals surface area contributed by atoms with Crippen molar-refractivity contribution in [1.82, 2.24) is 0 Å². The smallest absolute Gasteiger partial charge is 0.345 e. The van der Waals surface area contributed by atoms with Crippen molar-refractivity contribution < 1.29 is 27.9 Å². The first kappa shape index (κ1) is 25.0. The van der Waals surface area contributed by atoms with E-state index in [-0.39, 0.29) is 19.6 Å². The summed E-state index contributed by atoms with van der Waals surface area (Å²) < 4.78 is 31.1. The Kier molecular flexibility index (Phi) is 10.1. The van der Waals surface area contributed by atoms with Crippen molar-refractivity contribution in [2.75, 3.05) is 13.2 Å². The largest absolute Gasteiger partial charge is 0.459 e. The Morgan fingerprint density at radius 1 is 1.14 bits per heavy atom. The average molecular weight is 477 g/mol. The minimum atomic E-state index is -3.85. The number of hydrogen-bond acceptors (Lipinski definition) is 6. The van der Waals surface area contributed by atoms with E-state index in [4.69, 9.17) is 13.8 Å². The summed E-state index contributed by atoms with van der Waals surface area (Å²) in [4.78, 5) is 24.2. The molecule has 0 aromatic heterocycles. The minimum Gasteiger partial charge on any atom is -0.459 e. The van der Waals surface area contributed by atoms with E-state index < -0.39 is 30.7 Å². The highest BCUT2D eigenvalue weighted by Gasteiger charge is 2.48. The summed E-state index contributed by atoms with van der Waals surface area (Å²) in [7, 11) is -3.85. The van der Waals surface area contributed by atoms with Crippen LogP contribution >= 0.6 is 23.5 Å². The molecule has 0 fully saturated rings. The fraction of sp³-hybridized carbons (Fsp3) is 0.600. The maximum Gasteiger partial charge on any atom is 0.345 e. The molecule has 0 saturated heterocycles. The van der Waals surface area contributed by atoms with Gasteiger partial charge < -0.3 is 18.6 Å². The van der Waals surface area contributed by atoms with Gasteiger partial charge in [0.05, 0.1) is 13.2 Å². The van der Waals surface area contributed by atoms with Gasteiger partial charge in [0.25, 0.3) is 0 Å². The van der Waals surface area contributed by atoms with Crippen LogP contribution in [0, 0.1) is 0 Å². The highest BCUT2D eigenvalue weighted by atomic mass is 79.9. The quantitative estimate of drug-likeness (QED) is 0.238. The predicted octanol–water partition coefficient (Wildman–Crippen LogP) is 5.49. The molecule has 0 heterocycles. The van der Waals surface area contributed by atoms with E-state index in [1.54, 1.807) is 34.6 Å². The van der Waals surface area contributed by atoms with Crippen LogP contribution in [-0.4, -0.2) is 36.7 Å². The lowest BCUT2D eigenvalue weighted by Crippen LogP contribution is -2.36. The maximum absolute atomic E-state index is 13.6. The number of carbonyl (C=O) groups is 2. The van der Waals surface area contributed by atoms with Crippen LogP contribution in [0.4, 0.5) is 0 Å². The summed E-state index contributed by atoms with van der Waals surface area (Å²) in [5.41, 5.74) is -1.18. The second-order valence-electron chi connectivity index (χ2n) is 7.26. The third-order valence-corrected chi connectivity index (χ3v) is 6.90. The fourth-order valence-corrected chi connectivity index (χ4v) is 5.35. The molecule has 6 nitrogen and oxygen atoms in total. The van der Waals surface area contributed by atoms with Crippen LogP contribution in [-0.2, 0) is 27.9 Å². The van der Waals surface area contributed by atoms with E-state index in [1.165, 1.54) is 0 Å². The first-order valence-corrected chi connectivity index (χ1v) is 11.8. The molecule has 28 heavy (non-hydrogen) atoms. The molecule has 0 amide bonds. The van der Waals surface area contributed by atoms with Gasteiger partial charge in [0.2, 0.25) is 0 Å². The Labute approximate surface area is 176 Å². The molecule has 2 unspecified atom stereocenters. The third kappa shape index (κ3) is 7.43. The van der Waals surface area contributed by atoms with Crippen molar-refractivity contribution in [2.24, 2.45) is 0 Å². The Hall–Kier alpha value is -1.01. The number of ether oxygens (including phenoxy) is 1. The summed E-state index contributed by atoms with van der Waals surface area (Å²) in [6.07, 6.45) is 1.31. The van der Waals surface area contributed by atoms with E-state index in [1.807, 2.05) is 24.3 Å². The Balaban J connectivity index is 3.51. The van der Waals surface area contributed by atoms with Gasteiger partial charge in [0.1, 0.15) is 11.9 Å². The monoisotopic (exact) mass is 476 g/mol. The topological polar surface area (TPSA) is 78.9 Å². The predicted molar refractivity (Wildman–Crippen MR) is 113 cm³/mol. The van der Waals surface area contributed by atoms with Crippen LogP contribution in [0.15, 0.2) is 28.7 Å². The highest BCUT2D eigenvalue weighted by molar-refractivity contribution is 9.10. The Morgan fingerprint density at radius 2 is 1.68 bits per heavy atom. The van der Waals surface area contributed by atoms with Crippen molar-refractivity contribution in [2.45, 2.75) is 64.6 Å². The molecule has 2 atom stereocenters. The number of aldehydes is 1. The zero-order valence-corrected chi connectivity index (χ0v) is 19.6. The molecular weight excluding hydrogens is 447 g/mol. The summed E-state index contributed by atoms with van der Waals surface area (Å²) in [6, 6.07) is 7.33. The van der Waals surface area contributed by atoms with Crippen LogP contribution in [0.25, 0.3) is 0 Å². The standard InChI is InChI=1S/C20H30BrO6P/c1-6-25-28(24,26-7-2)18(19(23)27-20(3,4)5)17(9-8-14-22)15-10-12-16(21)13-11-15/h10-14,17-18H,6-9H2,1-5H3. The normalized spacial score (nSPS) is 14.4. The number of halogens is 1. The molecule has 0 radical (unpaired) electrons. The van der Waals surface area contributed by atoms with Gasteiger partial charge in [-0.25, -0.2) is 0 Å². The highest BCUT2D eigenvalue weighted by Crippen LogP contribution is 2.58. The van der Waals surface area contributed by atoms with Gasteiger partial charge in [-0.2, -0.15) is 0 Å². The molecule has 0 aliphatic carbocycles. The minimum absolute atomic E-state index is 0.122. The van der Waals surface area contributed by atoms with E-state index in [0.29, 0.717) is 6.42 Å². The van der Waals surface area contributed by atoms with Gasteiger partial charge in [-0.1, -0.05) is 28.1 Å². The molecule has 0 N–H and O–H groups in total. The van der Waals surface area contributed by atoms with Gasteiger partial charge >= 0.3 is 13.6 Å². The van der Waals surface area contributed by atoms with E-state index in [9.17, 15) is 14.2 Å². The van der Waals surface area contributed by atoms with Crippen molar-refractivity contribution in [1.29, 1.82) is 0 Å². The molecule has 0 bridgehead atoms. The van der Waals surface area contributed by atoms with Gasteiger partial charge in [-0.15, -0.1) is 0 Å². The number of benzene rings is 1. The molecule has 0 aliphatic rings. The number of esters is 1. The maximum atomic E-state index is 13.6. The zero-order valence-electron chi connectivity index (χ0n) is 17.1. The number of rotatable bonds is 11. The second kappa shape index (κ2) is 11.2. The molecule has 158 valence electrons. The number of carbonyl (C=O) groups excluding carboxylic acids is 2. The lowest BCUT2D eigenvalue weighted by molar-refractivity contribution is -0.155. The van der Waals surface area contributed by atoms with Crippen LogP contribution in [0.3, 0.4) is 0 Å². The summed E-state index contributed by atoms with van der Waals surface area (Å²) in [6.45, 7) is 8.86. The van der Waals surface area contributed by atoms with Gasteiger partial charge in [-0.05, 0) is 58.7 Å². The molecule has 1 aromatic carbocycles. The molecule has 8 heteroatoms. The summed E-state index contributed by atoms with van der Waals surface area (Å²) in [5, 5.41) is 0. The molecule has 1 rings (SSSR count). The van der Waals surface area contributed by atoms with Gasteiger partial charge in [0.15, 0.2) is 5.66 Å². The SMILES string of the molecule is CCOP(=O)(OCC)C(C(=O)OC(C)(C)C)C(CCC=O)c1ccc(Br)cc1. The molecule has 1 aromatic rings. The van der Waals surface area contributed by atoms with Crippen molar-refractivity contribution in [3.05, 3.63) is 34.3 Å².